The number of hydrogen-bond acceptors (Lipinski definition) is 3. The van der Waals surface area contributed by atoms with Gasteiger partial charge in [0.05, 0.1) is 11.3 Å². The van der Waals surface area contributed by atoms with E-state index in [9.17, 15) is 18.4 Å². The lowest BCUT2D eigenvalue weighted by atomic mass is 10.1. The highest BCUT2D eigenvalue weighted by atomic mass is 19.1. The Balaban J connectivity index is 1.79. The van der Waals surface area contributed by atoms with E-state index in [2.05, 4.69) is 5.32 Å². The smallest absolute Gasteiger partial charge is 0.299 e. The van der Waals surface area contributed by atoms with Gasteiger partial charge in [0.25, 0.3) is 11.7 Å². The van der Waals surface area contributed by atoms with Crippen molar-refractivity contribution in [3.63, 3.8) is 0 Å². The van der Waals surface area contributed by atoms with Gasteiger partial charge in [-0.1, -0.05) is 6.92 Å². The number of carbonyl (C=O) groups excluding carboxylic acids is 2. The Hall–Kier alpha value is -1.82. The minimum atomic E-state index is -0.977. The molecule has 6 heteroatoms. The summed E-state index contributed by atoms with van der Waals surface area (Å²) in [6.07, 6.45) is 2.32. The van der Waals surface area contributed by atoms with Crippen LogP contribution in [0, 0.1) is 17.6 Å². The van der Waals surface area contributed by atoms with Crippen molar-refractivity contribution >= 4 is 17.4 Å². The first-order valence-corrected chi connectivity index (χ1v) is 7.06. The third-order valence-corrected chi connectivity index (χ3v) is 3.82. The normalized spacial score (nSPS) is 19.1. The molecule has 1 unspecified atom stereocenters. The van der Waals surface area contributed by atoms with Crippen molar-refractivity contribution in [3.05, 3.63) is 29.3 Å². The lowest BCUT2D eigenvalue weighted by Crippen LogP contribution is -2.37. The summed E-state index contributed by atoms with van der Waals surface area (Å²) in [6, 6.07) is 2.22. The number of ketones is 1. The number of halogens is 2. The first-order valence-electron chi connectivity index (χ1n) is 7.06. The molecule has 1 atom stereocenters. The molecule has 0 aromatic heterocycles. The molecule has 1 saturated carbocycles. The van der Waals surface area contributed by atoms with E-state index < -0.39 is 23.3 Å². The van der Waals surface area contributed by atoms with Gasteiger partial charge in [-0.05, 0) is 31.4 Å². The average molecular weight is 294 g/mol. The van der Waals surface area contributed by atoms with Crippen molar-refractivity contribution in [2.24, 2.45) is 5.92 Å². The van der Waals surface area contributed by atoms with E-state index in [-0.39, 0.29) is 23.7 Å². The monoisotopic (exact) mass is 294 g/mol. The maximum absolute atomic E-state index is 13.7. The standard InChI is InChI=1S/C15H16F2N2O2/c1-8(6-18-10-2-3-10)7-19-12-5-9(16)4-11(17)13(12)14(20)15(19)21/h4-5,8,10,18H,2-3,6-7H2,1H3. The summed E-state index contributed by atoms with van der Waals surface area (Å²) >= 11 is 0. The predicted octanol–water partition coefficient (Wildman–Crippen LogP) is 1.88. The van der Waals surface area contributed by atoms with Crippen molar-refractivity contribution in [1.82, 2.24) is 5.32 Å². The zero-order valence-corrected chi connectivity index (χ0v) is 11.7. The average Bonchev–Trinajstić information content (AvgIpc) is 3.21. The Morgan fingerprint density at radius 3 is 2.71 bits per heavy atom. The van der Waals surface area contributed by atoms with Gasteiger partial charge in [-0.2, -0.15) is 0 Å². The van der Waals surface area contributed by atoms with E-state index in [1.54, 1.807) is 0 Å². The number of fused-ring (bicyclic) bond motifs is 1. The van der Waals surface area contributed by atoms with E-state index in [0.717, 1.165) is 18.9 Å². The molecule has 4 nitrogen and oxygen atoms in total. The number of benzene rings is 1. The van der Waals surface area contributed by atoms with Gasteiger partial charge >= 0.3 is 0 Å². The molecule has 112 valence electrons. The van der Waals surface area contributed by atoms with E-state index in [1.807, 2.05) is 6.92 Å². The molecular weight excluding hydrogens is 278 g/mol. The Labute approximate surface area is 121 Å². The fraction of sp³-hybridized carbons (Fsp3) is 0.467. The van der Waals surface area contributed by atoms with E-state index in [1.165, 1.54) is 4.90 Å². The summed E-state index contributed by atoms with van der Waals surface area (Å²) in [7, 11) is 0. The number of hydrogen-bond donors (Lipinski definition) is 1. The molecule has 1 aliphatic heterocycles. The lowest BCUT2D eigenvalue weighted by Gasteiger charge is -2.21. The van der Waals surface area contributed by atoms with Crippen molar-refractivity contribution < 1.29 is 18.4 Å². The first kappa shape index (κ1) is 14.1. The maximum atomic E-state index is 13.7. The molecule has 1 N–H and O–H groups in total. The molecule has 2 aliphatic rings. The van der Waals surface area contributed by atoms with Gasteiger partial charge in [0, 0.05) is 18.7 Å². The molecule has 3 rings (SSSR count). The molecule has 1 aromatic carbocycles. The second kappa shape index (κ2) is 5.18. The van der Waals surface area contributed by atoms with Crippen LogP contribution in [0.25, 0.3) is 0 Å². The predicted molar refractivity (Wildman–Crippen MR) is 73.2 cm³/mol. The van der Waals surface area contributed by atoms with E-state index in [0.29, 0.717) is 18.7 Å². The van der Waals surface area contributed by atoms with Gasteiger partial charge in [-0.25, -0.2) is 8.78 Å². The SMILES string of the molecule is CC(CNC1CC1)CN1C(=O)C(=O)c2c(F)cc(F)cc21. The molecule has 1 aromatic rings. The zero-order chi connectivity index (χ0) is 15.1. The summed E-state index contributed by atoms with van der Waals surface area (Å²) in [5, 5.41) is 3.33. The van der Waals surface area contributed by atoms with Crippen molar-refractivity contribution in [2.75, 3.05) is 18.0 Å². The molecule has 1 amide bonds. The highest BCUT2D eigenvalue weighted by Gasteiger charge is 2.39. The number of anilines is 1. The van der Waals surface area contributed by atoms with Crippen LogP contribution in [0.3, 0.4) is 0 Å². The van der Waals surface area contributed by atoms with Gasteiger partial charge in [-0.3, -0.25) is 9.59 Å². The Morgan fingerprint density at radius 1 is 1.33 bits per heavy atom. The molecule has 0 bridgehead atoms. The van der Waals surface area contributed by atoms with Crippen LogP contribution in [0.4, 0.5) is 14.5 Å². The van der Waals surface area contributed by atoms with Gasteiger partial charge in [0.2, 0.25) is 0 Å². The van der Waals surface area contributed by atoms with E-state index in [4.69, 9.17) is 0 Å². The summed E-state index contributed by atoms with van der Waals surface area (Å²) in [6.45, 7) is 2.90. The third-order valence-electron chi connectivity index (χ3n) is 3.82. The number of rotatable bonds is 5. The largest absolute Gasteiger partial charge is 0.314 e. The quantitative estimate of drug-likeness (QED) is 0.844. The second-order valence-electron chi connectivity index (χ2n) is 5.81. The molecule has 1 fully saturated rings. The van der Waals surface area contributed by atoms with Gasteiger partial charge in [0.15, 0.2) is 0 Å². The van der Waals surface area contributed by atoms with E-state index >= 15 is 0 Å². The maximum Gasteiger partial charge on any atom is 0.299 e. The van der Waals surface area contributed by atoms with Crippen LogP contribution in [0.1, 0.15) is 30.1 Å². The van der Waals surface area contributed by atoms with Crippen LogP contribution >= 0.6 is 0 Å². The third kappa shape index (κ3) is 2.68. The van der Waals surface area contributed by atoms with Crippen LogP contribution < -0.4 is 10.2 Å². The van der Waals surface area contributed by atoms with Crippen molar-refractivity contribution in [1.29, 1.82) is 0 Å². The lowest BCUT2D eigenvalue weighted by molar-refractivity contribution is -0.114. The van der Waals surface area contributed by atoms with Crippen LogP contribution in [0.15, 0.2) is 12.1 Å². The van der Waals surface area contributed by atoms with Crippen LogP contribution in [0.5, 0.6) is 0 Å². The Morgan fingerprint density at radius 2 is 2.05 bits per heavy atom. The Bertz CT molecular complexity index is 614. The fourth-order valence-electron chi connectivity index (χ4n) is 2.55. The summed E-state index contributed by atoms with van der Waals surface area (Å²) in [5.74, 6) is -3.37. The number of nitrogens with one attached hydrogen (secondary N) is 1. The highest BCUT2D eigenvalue weighted by Crippen LogP contribution is 2.32. The van der Waals surface area contributed by atoms with Crippen LogP contribution in [-0.2, 0) is 4.79 Å². The minimum Gasteiger partial charge on any atom is -0.314 e. The molecule has 1 aliphatic carbocycles. The number of Topliss-reactive ketones (excluding diaryl/α,β-unsaturated/α-hetero) is 1. The molecule has 0 spiro atoms. The fourth-order valence-corrected chi connectivity index (χ4v) is 2.55. The summed E-state index contributed by atoms with van der Waals surface area (Å²) in [4.78, 5) is 25.0. The number of amides is 1. The topological polar surface area (TPSA) is 49.4 Å². The van der Waals surface area contributed by atoms with Crippen molar-refractivity contribution in [2.45, 2.75) is 25.8 Å². The molecule has 1 heterocycles. The summed E-state index contributed by atoms with van der Waals surface area (Å²) < 4.78 is 27.0. The number of nitrogens with zero attached hydrogens (tertiary/aromatic N) is 1. The second-order valence-corrected chi connectivity index (χ2v) is 5.81. The van der Waals surface area contributed by atoms with Crippen LogP contribution in [-0.4, -0.2) is 30.8 Å². The highest BCUT2D eigenvalue weighted by molar-refractivity contribution is 6.52. The van der Waals surface area contributed by atoms with Gasteiger partial charge < -0.3 is 10.2 Å². The van der Waals surface area contributed by atoms with Crippen molar-refractivity contribution in [3.8, 4) is 0 Å². The minimum absolute atomic E-state index is 0.0424. The molecular formula is C15H16F2N2O2. The zero-order valence-electron chi connectivity index (χ0n) is 11.7. The summed E-state index contributed by atoms with van der Waals surface area (Å²) in [5.41, 5.74) is -0.274. The van der Waals surface area contributed by atoms with Gasteiger partial charge in [-0.15, -0.1) is 0 Å². The van der Waals surface area contributed by atoms with Gasteiger partial charge in [0.1, 0.15) is 11.6 Å². The molecule has 0 saturated heterocycles. The van der Waals surface area contributed by atoms with Crippen LogP contribution in [0.2, 0.25) is 0 Å². The molecule has 21 heavy (non-hydrogen) atoms. The Kier molecular flexibility index (Phi) is 3.49. The molecule has 0 radical (unpaired) electrons. The number of carbonyl (C=O) groups is 2. The first-order chi connectivity index (χ1) is 9.97.